The molecule has 0 fully saturated rings. The number of benzene rings is 1. The van der Waals surface area contributed by atoms with E-state index in [1.807, 2.05) is 31.2 Å². The summed E-state index contributed by atoms with van der Waals surface area (Å²) in [6, 6.07) is 7.61. The number of amides is 1. The van der Waals surface area contributed by atoms with Crippen LogP contribution in [0.15, 0.2) is 29.1 Å². The number of aromatic nitrogens is 2. The van der Waals surface area contributed by atoms with Gasteiger partial charge in [0.2, 0.25) is 5.91 Å². The normalized spacial score (nSPS) is 11.0. The molecule has 21 heavy (non-hydrogen) atoms. The zero-order valence-corrected chi connectivity index (χ0v) is 13.0. The average molecular weight is 289 g/mol. The van der Waals surface area contributed by atoms with E-state index >= 15 is 0 Å². The maximum Gasteiger partial charge on any atom is 0.329 e. The highest BCUT2D eigenvalue weighted by molar-refractivity contribution is 5.80. The van der Waals surface area contributed by atoms with Crippen molar-refractivity contribution in [3.8, 4) is 0 Å². The second kappa shape index (κ2) is 6.61. The van der Waals surface area contributed by atoms with Crippen LogP contribution in [0.2, 0.25) is 0 Å². The lowest BCUT2D eigenvalue weighted by molar-refractivity contribution is -0.130. The Hall–Kier alpha value is -2.04. The molecule has 0 radical (unpaired) electrons. The summed E-state index contributed by atoms with van der Waals surface area (Å²) < 4.78 is 3.28. The molecule has 2 aromatic rings. The molecule has 1 amide bonds. The number of imidazole rings is 1. The van der Waals surface area contributed by atoms with Crippen LogP contribution in [0.25, 0.3) is 11.0 Å². The largest absolute Gasteiger partial charge is 0.344 e. The molecular weight excluding hydrogens is 266 g/mol. The van der Waals surface area contributed by atoms with Crippen LogP contribution in [0.5, 0.6) is 0 Å². The van der Waals surface area contributed by atoms with Gasteiger partial charge in [-0.1, -0.05) is 25.5 Å². The Balaban J connectivity index is 2.32. The first-order valence-electron chi connectivity index (χ1n) is 7.52. The van der Waals surface area contributed by atoms with Crippen LogP contribution in [0.3, 0.4) is 0 Å². The van der Waals surface area contributed by atoms with Crippen LogP contribution < -0.4 is 5.69 Å². The molecule has 0 aliphatic carbocycles. The number of likely N-dealkylation sites (N-methyl/N-ethyl adjacent to an activating group) is 1. The summed E-state index contributed by atoms with van der Waals surface area (Å²) in [6.45, 7) is 5.47. The van der Waals surface area contributed by atoms with Gasteiger partial charge in [0.15, 0.2) is 0 Å². The fraction of sp³-hybridized carbons (Fsp3) is 0.500. The number of nitrogens with zero attached hydrogens (tertiary/aromatic N) is 3. The van der Waals surface area contributed by atoms with Crippen LogP contribution in [0, 0.1) is 0 Å². The molecule has 0 aliphatic heterocycles. The second-order valence-corrected chi connectivity index (χ2v) is 5.27. The van der Waals surface area contributed by atoms with E-state index in [-0.39, 0.29) is 18.1 Å². The van der Waals surface area contributed by atoms with E-state index < -0.39 is 0 Å². The molecule has 2 rings (SSSR count). The highest BCUT2D eigenvalue weighted by Gasteiger charge is 2.16. The van der Waals surface area contributed by atoms with Crippen molar-refractivity contribution in [1.29, 1.82) is 0 Å². The summed E-state index contributed by atoms with van der Waals surface area (Å²) in [4.78, 5) is 26.4. The molecule has 0 saturated carbocycles. The Morgan fingerprint density at radius 1 is 1.14 bits per heavy atom. The zero-order chi connectivity index (χ0) is 15.4. The standard InChI is InChI=1S/C16H23N3O2/c1-4-6-11-17(3)15(20)12-19-14-10-8-7-9-13(14)18(5-2)16(19)21/h7-10H,4-6,11-12H2,1-3H3. The van der Waals surface area contributed by atoms with E-state index in [9.17, 15) is 9.59 Å². The summed E-state index contributed by atoms with van der Waals surface area (Å²) in [5.41, 5.74) is 1.59. The van der Waals surface area contributed by atoms with Gasteiger partial charge in [0, 0.05) is 20.1 Å². The predicted molar refractivity (Wildman–Crippen MR) is 84.4 cm³/mol. The van der Waals surface area contributed by atoms with E-state index in [0.717, 1.165) is 30.4 Å². The number of rotatable bonds is 6. The molecule has 5 heteroatoms. The molecule has 0 spiro atoms. The Morgan fingerprint density at radius 3 is 2.33 bits per heavy atom. The molecule has 0 bridgehead atoms. The average Bonchev–Trinajstić information content (AvgIpc) is 2.76. The van der Waals surface area contributed by atoms with E-state index in [0.29, 0.717) is 6.54 Å². The fourth-order valence-corrected chi connectivity index (χ4v) is 2.51. The molecule has 1 heterocycles. The number of carbonyl (C=O) groups is 1. The van der Waals surface area contributed by atoms with Gasteiger partial charge < -0.3 is 4.90 Å². The Kier molecular flexibility index (Phi) is 4.83. The topological polar surface area (TPSA) is 47.2 Å². The molecule has 0 saturated heterocycles. The van der Waals surface area contributed by atoms with Crippen LogP contribution in [0.4, 0.5) is 0 Å². The van der Waals surface area contributed by atoms with Gasteiger partial charge in [0.05, 0.1) is 11.0 Å². The fourth-order valence-electron chi connectivity index (χ4n) is 2.51. The summed E-state index contributed by atoms with van der Waals surface area (Å²) in [6.07, 6.45) is 2.03. The van der Waals surface area contributed by atoms with Gasteiger partial charge in [0.1, 0.15) is 6.54 Å². The molecule has 1 aromatic carbocycles. The number of para-hydroxylation sites is 2. The smallest absolute Gasteiger partial charge is 0.329 e. The number of unbranched alkanes of at least 4 members (excludes halogenated alkanes) is 1. The number of carbonyl (C=O) groups excluding carboxylic acids is 1. The molecule has 114 valence electrons. The third-order valence-corrected chi connectivity index (χ3v) is 3.81. The van der Waals surface area contributed by atoms with E-state index in [4.69, 9.17) is 0 Å². The van der Waals surface area contributed by atoms with E-state index in [1.165, 1.54) is 0 Å². The summed E-state index contributed by atoms with van der Waals surface area (Å²) in [7, 11) is 1.79. The van der Waals surface area contributed by atoms with Gasteiger partial charge in [0.25, 0.3) is 0 Å². The SMILES string of the molecule is CCCCN(C)C(=O)Cn1c(=O)n(CC)c2ccccc21. The number of fused-ring (bicyclic) bond motifs is 1. The summed E-state index contributed by atoms with van der Waals surface area (Å²) in [5, 5.41) is 0. The monoisotopic (exact) mass is 289 g/mol. The summed E-state index contributed by atoms with van der Waals surface area (Å²) >= 11 is 0. The van der Waals surface area contributed by atoms with Crippen molar-refractivity contribution in [3.05, 3.63) is 34.7 Å². The van der Waals surface area contributed by atoms with Crippen molar-refractivity contribution in [3.63, 3.8) is 0 Å². The van der Waals surface area contributed by atoms with Gasteiger partial charge in [-0.05, 0) is 25.5 Å². The quantitative estimate of drug-likeness (QED) is 0.817. The van der Waals surface area contributed by atoms with Crippen LogP contribution in [-0.4, -0.2) is 33.5 Å². The summed E-state index contributed by atoms with van der Waals surface area (Å²) in [5.74, 6) is -0.0236. The van der Waals surface area contributed by atoms with Crippen molar-refractivity contribution in [2.75, 3.05) is 13.6 Å². The van der Waals surface area contributed by atoms with Crippen LogP contribution >= 0.6 is 0 Å². The van der Waals surface area contributed by atoms with Crippen LogP contribution in [0.1, 0.15) is 26.7 Å². The number of hydrogen-bond donors (Lipinski definition) is 0. The van der Waals surface area contributed by atoms with Gasteiger partial charge in [-0.15, -0.1) is 0 Å². The molecule has 0 atom stereocenters. The van der Waals surface area contributed by atoms with E-state index in [2.05, 4.69) is 6.92 Å². The van der Waals surface area contributed by atoms with E-state index in [1.54, 1.807) is 21.1 Å². The predicted octanol–water partition coefficient (Wildman–Crippen LogP) is 2.08. The van der Waals surface area contributed by atoms with Gasteiger partial charge in [-0.2, -0.15) is 0 Å². The second-order valence-electron chi connectivity index (χ2n) is 5.27. The lowest BCUT2D eigenvalue weighted by Gasteiger charge is -2.16. The third kappa shape index (κ3) is 3.01. The first-order chi connectivity index (χ1) is 10.1. The molecule has 5 nitrogen and oxygen atoms in total. The lowest BCUT2D eigenvalue weighted by Crippen LogP contribution is -2.34. The first-order valence-corrected chi connectivity index (χ1v) is 7.52. The van der Waals surface area contributed by atoms with Crippen molar-refractivity contribution >= 4 is 16.9 Å². The Bertz CT molecular complexity index is 684. The molecule has 0 aliphatic rings. The van der Waals surface area contributed by atoms with Gasteiger partial charge >= 0.3 is 5.69 Å². The third-order valence-electron chi connectivity index (χ3n) is 3.81. The minimum absolute atomic E-state index is 0.0236. The van der Waals surface area contributed by atoms with Crippen molar-refractivity contribution < 1.29 is 4.79 Å². The molecule has 0 N–H and O–H groups in total. The minimum atomic E-state index is -0.115. The Morgan fingerprint density at radius 2 is 1.76 bits per heavy atom. The highest BCUT2D eigenvalue weighted by atomic mass is 16.2. The number of aryl methyl sites for hydroxylation is 1. The molecule has 0 unspecified atom stereocenters. The first kappa shape index (κ1) is 15.4. The van der Waals surface area contributed by atoms with Crippen molar-refractivity contribution in [1.82, 2.24) is 14.0 Å². The van der Waals surface area contributed by atoms with Crippen molar-refractivity contribution in [2.24, 2.45) is 0 Å². The zero-order valence-electron chi connectivity index (χ0n) is 13.0. The molecule has 1 aromatic heterocycles. The lowest BCUT2D eigenvalue weighted by atomic mass is 10.3. The maximum atomic E-state index is 12.4. The van der Waals surface area contributed by atoms with Crippen LogP contribution in [-0.2, 0) is 17.9 Å². The van der Waals surface area contributed by atoms with Crippen molar-refractivity contribution in [2.45, 2.75) is 39.8 Å². The number of hydrogen-bond acceptors (Lipinski definition) is 2. The molecular formula is C16H23N3O2. The Labute approximate surface area is 124 Å². The maximum absolute atomic E-state index is 12.4. The van der Waals surface area contributed by atoms with Gasteiger partial charge in [-0.3, -0.25) is 13.9 Å². The van der Waals surface area contributed by atoms with Gasteiger partial charge in [-0.25, -0.2) is 4.79 Å². The minimum Gasteiger partial charge on any atom is -0.344 e. The highest BCUT2D eigenvalue weighted by Crippen LogP contribution is 2.12.